The Morgan fingerprint density at radius 2 is 1.60 bits per heavy atom. The van der Waals surface area contributed by atoms with Crippen molar-refractivity contribution in [2.75, 3.05) is 10.6 Å². The maximum atomic E-state index is 11.6. The van der Waals surface area contributed by atoms with E-state index in [1.807, 2.05) is 12.1 Å². The zero-order valence-corrected chi connectivity index (χ0v) is 15.0. The number of nitro groups is 1. The van der Waals surface area contributed by atoms with E-state index in [1.165, 1.54) is 6.33 Å². The maximum Gasteiger partial charge on any atom is 0.353 e. The Hall–Kier alpha value is -2.71. The summed E-state index contributed by atoms with van der Waals surface area (Å²) in [7, 11) is 0. The molecule has 0 aliphatic carbocycles. The van der Waals surface area contributed by atoms with Crippen LogP contribution in [0, 0.1) is 10.1 Å². The van der Waals surface area contributed by atoms with Gasteiger partial charge in [-0.3, -0.25) is 10.1 Å². The Bertz CT molecular complexity index is 872. The molecule has 1 aromatic heterocycles. The molecule has 25 heavy (non-hydrogen) atoms. The summed E-state index contributed by atoms with van der Waals surface area (Å²) in [5.41, 5.74) is 0.982. The van der Waals surface area contributed by atoms with Gasteiger partial charge in [-0.2, -0.15) is 0 Å². The summed E-state index contributed by atoms with van der Waals surface area (Å²) in [6, 6.07) is 14.1. The van der Waals surface area contributed by atoms with Crippen molar-refractivity contribution in [3.05, 3.63) is 74.5 Å². The standard InChI is InChI=1S/C16H11BrClN5O2/c17-10-3-1-5-12(7-10)21-15-14(23(24)25)16(20-9-19-15)22-13-6-2-4-11(18)8-13/h1-9H,(H2,19,20,21,22). The van der Waals surface area contributed by atoms with Crippen LogP contribution in [0.1, 0.15) is 0 Å². The van der Waals surface area contributed by atoms with Crippen LogP contribution >= 0.6 is 27.5 Å². The first kappa shape index (κ1) is 17.1. The van der Waals surface area contributed by atoms with Crippen LogP contribution in [0.2, 0.25) is 5.02 Å². The van der Waals surface area contributed by atoms with E-state index in [0.717, 1.165) is 4.47 Å². The highest BCUT2D eigenvalue weighted by atomic mass is 79.9. The molecule has 2 aromatic carbocycles. The Balaban J connectivity index is 1.98. The van der Waals surface area contributed by atoms with Crippen molar-refractivity contribution in [2.45, 2.75) is 0 Å². The number of anilines is 4. The van der Waals surface area contributed by atoms with Crippen LogP contribution in [-0.2, 0) is 0 Å². The van der Waals surface area contributed by atoms with Crippen LogP contribution in [0.3, 0.4) is 0 Å². The lowest BCUT2D eigenvalue weighted by Crippen LogP contribution is -2.05. The van der Waals surface area contributed by atoms with Crippen LogP contribution in [0.4, 0.5) is 28.7 Å². The van der Waals surface area contributed by atoms with Crippen LogP contribution in [0.15, 0.2) is 59.3 Å². The van der Waals surface area contributed by atoms with Crippen LogP contribution in [-0.4, -0.2) is 14.9 Å². The third-order valence-electron chi connectivity index (χ3n) is 3.18. The molecule has 0 fully saturated rings. The van der Waals surface area contributed by atoms with E-state index in [0.29, 0.717) is 16.4 Å². The Morgan fingerprint density at radius 3 is 2.16 bits per heavy atom. The molecule has 0 aliphatic rings. The van der Waals surface area contributed by atoms with Gasteiger partial charge in [0.1, 0.15) is 6.33 Å². The van der Waals surface area contributed by atoms with E-state index in [9.17, 15) is 10.1 Å². The van der Waals surface area contributed by atoms with E-state index < -0.39 is 4.92 Å². The molecular formula is C16H11BrClN5O2. The molecule has 0 saturated heterocycles. The summed E-state index contributed by atoms with van der Waals surface area (Å²) in [6.45, 7) is 0. The van der Waals surface area contributed by atoms with E-state index in [1.54, 1.807) is 36.4 Å². The SMILES string of the molecule is O=[N+]([O-])c1c(Nc2cccc(Cl)c2)ncnc1Nc1cccc(Br)c1. The van der Waals surface area contributed by atoms with E-state index in [2.05, 4.69) is 36.5 Å². The molecule has 3 aromatic rings. The average molecular weight is 421 g/mol. The van der Waals surface area contributed by atoms with Crippen LogP contribution in [0.5, 0.6) is 0 Å². The first-order valence-corrected chi connectivity index (χ1v) is 8.24. The highest BCUT2D eigenvalue weighted by Gasteiger charge is 2.23. The molecule has 0 saturated carbocycles. The fraction of sp³-hybridized carbons (Fsp3) is 0. The highest BCUT2D eigenvalue weighted by molar-refractivity contribution is 9.10. The number of rotatable bonds is 5. The van der Waals surface area contributed by atoms with E-state index in [-0.39, 0.29) is 17.3 Å². The van der Waals surface area contributed by atoms with Crippen molar-refractivity contribution in [1.29, 1.82) is 0 Å². The number of aromatic nitrogens is 2. The second-order valence-electron chi connectivity index (χ2n) is 4.95. The molecule has 0 amide bonds. The van der Waals surface area contributed by atoms with Gasteiger partial charge in [0.25, 0.3) is 0 Å². The molecule has 0 atom stereocenters. The second-order valence-corrected chi connectivity index (χ2v) is 6.30. The third kappa shape index (κ3) is 4.23. The van der Waals surface area contributed by atoms with Gasteiger partial charge in [-0.15, -0.1) is 0 Å². The molecule has 0 bridgehead atoms. The lowest BCUT2D eigenvalue weighted by atomic mass is 10.3. The van der Waals surface area contributed by atoms with Gasteiger partial charge in [0.2, 0.25) is 11.6 Å². The van der Waals surface area contributed by atoms with E-state index in [4.69, 9.17) is 11.6 Å². The van der Waals surface area contributed by atoms with Crippen molar-refractivity contribution < 1.29 is 4.92 Å². The first-order chi connectivity index (χ1) is 12.0. The van der Waals surface area contributed by atoms with Gasteiger partial charge in [-0.25, -0.2) is 9.97 Å². The number of nitrogens with one attached hydrogen (secondary N) is 2. The average Bonchev–Trinajstić information content (AvgIpc) is 2.55. The normalized spacial score (nSPS) is 10.3. The topological polar surface area (TPSA) is 93.0 Å². The van der Waals surface area contributed by atoms with Gasteiger partial charge < -0.3 is 10.6 Å². The summed E-state index contributed by atoms with van der Waals surface area (Å²) in [5, 5.41) is 17.9. The molecule has 2 N–H and O–H groups in total. The number of benzene rings is 2. The Labute approximate surface area is 156 Å². The van der Waals surface area contributed by atoms with Gasteiger partial charge >= 0.3 is 5.69 Å². The van der Waals surface area contributed by atoms with Crippen LogP contribution in [0.25, 0.3) is 0 Å². The third-order valence-corrected chi connectivity index (χ3v) is 3.91. The summed E-state index contributed by atoms with van der Waals surface area (Å²) < 4.78 is 0.839. The number of halogens is 2. The molecule has 0 aliphatic heterocycles. The molecule has 9 heteroatoms. The molecule has 7 nitrogen and oxygen atoms in total. The summed E-state index contributed by atoms with van der Waals surface area (Å²) in [5.74, 6) is 0.155. The molecule has 0 spiro atoms. The predicted molar refractivity (Wildman–Crippen MR) is 101 cm³/mol. The van der Waals surface area contributed by atoms with Crippen molar-refractivity contribution >= 4 is 56.2 Å². The quantitative estimate of drug-likeness (QED) is 0.430. The molecule has 0 unspecified atom stereocenters. The van der Waals surface area contributed by atoms with Crippen molar-refractivity contribution in [3.8, 4) is 0 Å². The molecular weight excluding hydrogens is 410 g/mol. The minimum Gasteiger partial charge on any atom is -0.334 e. The second kappa shape index (κ2) is 7.45. The maximum absolute atomic E-state index is 11.6. The lowest BCUT2D eigenvalue weighted by Gasteiger charge is -2.10. The fourth-order valence-corrected chi connectivity index (χ4v) is 2.73. The fourth-order valence-electron chi connectivity index (χ4n) is 2.14. The van der Waals surface area contributed by atoms with Gasteiger partial charge in [0.05, 0.1) is 4.92 Å². The van der Waals surface area contributed by atoms with Crippen molar-refractivity contribution in [1.82, 2.24) is 9.97 Å². The number of hydrogen-bond acceptors (Lipinski definition) is 6. The zero-order chi connectivity index (χ0) is 17.8. The lowest BCUT2D eigenvalue weighted by molar-refractivity contribution is -0.383. The smallest absolute Gasteiger partial charge is 0.334 e. The minimum absolute atomic E-state index is 0.0692. The van der Waals surface area contributed by atoms with Gasteiger partial charge in [0.15, 0.2) is 0 Å². The first-order valence-electron chi connectivity index (χ1n) is 7.07. The van der Waals surface area contributed by atoms with E-state index >= 15 is 0 Å². The largest absolute Gasteiger partial charge is 0.353 e. The summed E-state index contributed by atoms with van der Waals surface area (Å²) in [6.07, 6.45) is 1.25. The zero-order valence-electron chi connectivity index (χ0n) is 12.6. The van der Waals surface area contributed by atoms with Crippen molar-refractivity contribution in [2.24, 2.45) is 0 Å². The number of nitrogens with zero attached hydrogens (tertiary/aromatic N) is 3. The minimum atomic E-state index is -0.535. The molecule has 3 rings (SSSR count). The van der Waals surface area contributed by atoms with Crippen LogP contribution < -0.4 is 10.6 Å². The predicted octanol–water partition coefficient (Wildman–Crippen LogP) is 5.29. The Morgan fingerprint density at radius 1 is 1.00 bits per heavy atom. The summed E-state index contributed by atoms with van der Waals surface area (Å²) in [4.78, 5) is 19.0. The van der Waals surface area contributed by atoms with Crippen molar-refractivity contribution in [3.63, 3.8) is 0 Å². The number of hydrogen-bond donors (Lipinski definition) is 2. The van der Waals surface area contributed by atoms with Gasteiger partial charge in [-0.05, 0) is 36.4 Å². The Kier molecular flexibility index (Phi) is 5.11. The van der Waals surface area contributed by atoms with Gasteiger partial charge in [-0.1, -0.05) is 39.7 Å². The molecule has 1 heterocycles. The monoisotopic (exact) mass is 419 g/mol. The molecule has 126 valence electrons. The molecule has 0 radical (unpaired) electrons. The summed E-state index contributed by atoms with van der Waals surface area (Å²) >= 11 is 9.30. The van der Waals surface area contributed by atoms with Gasteiger partial charge in [0, 0.05) is 20.9 Å². The highest BCUT2D eigenvalue weighted by Crippen LogP contribution is 2.33.